The van der Waals surface area contributed by atoms with Gasteiger partial charge in [-0.2, -0.15) is 0 Å². The Morgan fingerprint density at radius 1 is 0.898 bits per heavy atom. The first kappa shape index (κ1) is 32.0. The SMILES string of the molecule is CN1CC(=O)N2[C@@H](Cc3ccc(O)cc3)C(=O)N(Cc3cccc4c3C[N-]N4Cc3ccccc3N)C[C@@H]2N1C(=O)NCc1ccccc1. The fourth-order valence-electron chi connectivity index (χ4n) is 6.96. The molecule has 4 N–H and O–H groups in total. The molecule has 0 spiro atoms. The van der Waals surface area contributed by atoms with Gasteiger partial charge < -0.3 is 36.4 Å². The van der Waals surface area contributed by atoms with E-state index in [1.165, 1.54) is 0 Å². The summed E-state index contributed by atoms with van der Waals surface area (Å²) < 4.78 is 0. The molecular weight excluding hydrogens is 620 g/mol. The number of amides is 4. The zero-order chi connectivity index (χ0) is 34.1. The van der Waals surface area contributed by atoms with E-state index in [9.17, 15) is 19.5 Å². The number of hydrogen-bond acceptors (Lipinski definition) is 7. The minimum absolute atomic E-state index is 0.0515. The summed E-state index contributed by atoms with van der Waals surface area (Å²) in [6.45, 7) is 1.66. The van der Waals surface area contributed by atoms with E-state index in [4.69, 9.17) is 11.2 Å². The lowest BCUT2D eigenvalue weighted by molar-refractivity contribution is -0.187. The van der Waals surface area contributed by atoms with Crippen LogP contribution in [-0.2, 0) is 42.2 Å². The van der Waals surface area contributed by atoms with E-state index in [0.29, 0.717) is 25.3 Å². The number of benzene rings is 4. The van der Waals surface area contributed by atoms with E-state index in [1.54, 1.807) is 51.1 Å². The molecule has 252 valence electrons. The van der Waals surface area contributed by atoms with E-state index in [0.717, 1.165) is 33.5 Å². The number of likely N-dealkylation sites (N-methyl/N-ethyl adjacent to an activating group) is 1. The van der Waals surface area contributed by atoms with Gasteiger partial charge in [-0.05, 0) is 52.1 Å². The average molecular weight is 660 g/mol. The number of carbonyl (C=O) groups excluding carboxylic acids is 3. The molecule has 2 atom stereocenters. The Labute approximate surface area is 285 Å². The third kappa shape index (κ3) is 6.48. The molecule has 2 fully saturated rings. The van der Waals surface area contributed by atoms with Gasteiger partial charge in [0.1, 0.15) is 18.0 Å². The number of phenols is 1. The van der Waals surface area contributed by atoms with Crippen molar-refractivity contribution in [3.63, 3.8) is 0 Å². The van der Waals surface area contributed by atoms with Crippen LogP contribution in [0.4, 0.5) is 16.2 Å². The molecule has 0 radical (unpaired) electrons. The van der Waals surface area contributed by atoms with E-state index in [2.05, 4.69) is 5.32 Å². The first-order chi connectivity index (χ1) is 23.8. The van der Waals surface area contributed by atoms with Crippen LogP contribution in [0.1, 0.15) is 27.8 Å². The maximum absolute atomic E-state index is 14.4. The summed E-state index contributed by atoms with van der Waals surface area (Å²) in [6, 6.07) is 28.8. The third-order valence-corrected chi connectivity index (χ3v) is 9.46. The molecule has 3 aliphatic heterocycles. The number of phenolic OH excluding ortho intramolecular Hbond substituents is 1. The number of nitrogens with two attached hydrogens (primary N) is 1. The van der Waals surface area contributed by atoms with Crippen molar-refractivity contribution in [3.05, 3.63) is 130 Å². The number of para-hydroxylation sites is 1. The molecular formula is C37H39N8O4-. The van der Waals surface area contributed by atoms with Gasteiger partial charge in [-0.25, -0.2) is 14.8 Å². The Morgan fingerprint density at radius 3 is 2.41 bits per heavy atom. The molecule has 7 rings (SSSR count). The van der Waals surface area contributed by atoms with Crippen LogP contribution in [0.5, 0.6) is 5.75 Å². The van der Waals surface area contributed by atoms with Crippen LogP contribution in [0.2, 0.25) is 0 Å². The number of nitrogen functional groups attached to an aromatic ring is 1. The second kappa shape index (κ2) is 13.5. The first-order valence-corrected chi connectivity index (χ1v) is 16.4. The van der Waals surface area contributed by atoms with Gasteiger partial charge in [0.2, 0.25) is 11.8 Å². The Kier molecular flexibility index (Phi) is 8.81. The highest BCUT2D eigenvalue weighted by molar-refractivity contribution is 5.91. The summed E-state index contributed by atoms with van der Waals surface area (Å²) in [5.74, 6) is -0.317. The van der Waals surface area contributed by atoms with Crippen LogP contribution >= 0.6 is 0 Å². The quantitative estimate of drug-likeness (QED) is 0.243. The van der Waals surface area contributed by atoms with Crippen molar-refractivity contribution >= 4 is 29.2 Å². The highest BCUT2D eigenvalue weighted by Gasteiger charge is 2.50. The van der Waals surface area contributed by atoms with Crippen LogP contribution in [0.25, 0.3) is 5.43 Å². The number of nitrogens with one attached hydrogen (secondary N) is 1. The van der Waals surface area contributed by atoms with E-state index in [1.807, 2.05) is 77.8 Å². The van der Waals surface area contributed by atoms with Gasteiger partial charge in [-0.3, -0.25) is 9.59 Å². The molecule has 0 unspecified atom stereocenters. The summed E-state index contributed by atoms with van der Waals surface area (Å²) in [5, 5.41) is 18.0. The lowest BCUT2D eigenvalue weighted by Gasteiger charge is -2.54. The largest absolute Gasteiger partial charge is 0.564 e. The Bertz CT molecular complexity index is 1850. The van der Waals surface area contributed by atoms with Gasteiger partial charge in [0.05, 0.1) is 13.1 Å². The van der Waals surface area contributed by atoms with Gasteiger partial charge in [0, 0.05) is 44.5 Å². The van der Waals surface area contributed by atoms with E-state index in [-0.39, 0.29) is 49.7 Å². The van der Waals surface area contributed by atoms with Crippen molar-refractivity contribution in [1.29, 1.82) is 0 Å². The number of hydrogen-bond donors (Lipinski definition) is 3. The van der Waals surface area contributed by atoms with Gasteiger partial charge in [0.15, 0.2) is 0 Å². The highest BCUT2D eigenvalue weighted by atomic mass is 16.3. The summed E-state index contributed by atoms with van der Waals surface area (Å²) in [4.78, 5) is 45.3. The number of fused-ring (bicyclic) bond motifs is 2. The average Bonchev–Trinajstić information content (AvgIpc) is 3.51. The highest BCUT2D eigenvalue weighted by Crippen LogP contribution is 2.38. The second-order valence-corrected chi connectivity index (χ2v) is 12.7. The zero-order valence-corrected chi connectivity index (χ0v) is 27.3. The molecule has 3 heterocycles. The lowest BCUT2D eigenvalue weighted by atomic mass is 9.97. The number of urea groups is 1. The van der Waals surface area contributed by atoms with Crippen molar-refractivity contribution < 1.29 is 19.5 Å². The van der Waals surface area contributed by atoms with Crippen LogP contribution < -0.4 is 16.1 Å². The molecule has 0 aliphatic carbocycles. The molecule has 4 aromatic rings. The zero-order valence-electron chi connectivity index (χ0n) is 27.3. The van der Waals surface area contributed by atoms with Crippen LogP contribution in [0.15, 0.2) is 97.1 Å². The molecule has 0 bridgehead atoms. The molecule has 4 amide bonds. The van der Waals surface area contributed by atoms with Gasteiger partial charge in [-0.1, -0.05) is 72.8 Å². The van der Waals surface area contributed by atoms with Crippen molar-refractivity contribution in [3.8, 4) is 5.75 Å². The third-order valence-electron chi connectivity index (χ3n) is 9.46. The number of carbonyl (C=O) groups is 3. The molecule has 0 saturated carbocycles. The number of rotatable bonds is 8. The maximum atomic E-state index is 14.4. The van der Waals surface area contributed by atoms with Crippen molar-refractivity contribution in [2.45, 2.75) is 44.8 Å². The van der Waals surface area contributed by atoms with Crippen molar-refractivity contribution in [2.24, 2.45) is 0 Å². The number of hydrazine groups is 1. The minimum Gasteiger partial charge on any atom is -0.564 e. The Morgan fingerprint density at radius 2 is 1.63 bits per heavy atom. The number of anilines is 2. The fourth-order valence-corrected chi connectivity index (χ4v) is 6.96. The van der Waals surface area contributed by atoms with E-state index >= 15 is 0 Å². The number of aromatic hydroxyl groups is 1. The molecule has 49 heavy (non-hydrogen) atoms. The van der Waals surface area contributed by atoms with Gasteiger partial charge in [-0.15, -0.1) is 6.54 Å². The smallest absolute Gasteiger partial charge is 0.334 e. The standard InChI is InChI=1S/C37H39N8O4/c1-41-24-35(47)44-33(18-25-14-16-29(46)17-15-25)36(48)42(23-34(44)45(41)37(49)39-19-26-8-3-2-4-9-26)21-27-11-7-13-32-30(27)20-40-43(32)22-28-10-5-6-12-31(28)38/h2-17,33-34,46H,18-24,38H2,1H3,(H,39,49)/q-1/t33-,34-/m0/s1. The van der Waals surface area contributed by atoms with E-state index < -0.39 is 12.2 Å². The Balaban J connectivity index is 1.18. The molecule has 0 aromatic heterocycles. The second-order valence-electron chi connectivity index (χ2n) is 12.7. The van der Waals surface area contributed by atoms with Crippen molar-refractivity contribution in [2.75, 3.05) is 30.9 Å². The predicted octanol–water partition coefficient (Wildman–Crippen LogP) is 3.96. The van der Waals surface area contributed by atoms with Crippen LogP contribution in [-0.4, -0.2) is 75.1 Å². The molecule has 12 nitrogen and oxygen atoms in total. The minimum atomic E-state index is -0.854. The maximum Gasteiger partial charge on any atom is 0.334 e. The number of piperazine rings is 1. The van der Waals surface area contributed by atoms with Crippen LogP contribution in [0.3, 0.4) is 0 Å². The molecule has 12 heteroatoms. The summed E-state index contributed by atoms with van der Waals surface area (Å²) in [6.07, 6.45) is -0.504. The lowest BCUT2D eigenvalue weighted by Crippen LogP contribution is -2.76. The predicted molar refractivity (Wildman–Crippen MR) is 185 cm³/mol. The summed E-state index contributed by atoms with van der Waals surface area (Å²) in [5.41, 5.74) is 17.4. The van der Waals surface area contributed by atoms with Crippen molar-refractivity contribution in [1.82, 2.24) is 25.1 Å². The molecule has 3 aliphatic rings. The fraction of sp³-hybridized carbons (Fsp3) is 0.270. The monoisotopic (exact) mass is 659 g/mol. The normalized spacial score (nSPS) is 19.2. The summed E-state index contributed by atoms with van der Waals surface area (Å²) in [7, 11) is 1.72. The molecule has 4 aromatic carbocycles. The van der Waals surface area contributed by atoms with Crippen LogP contribution in [0, 0.1) is 0 Å². The van der Waals surface area contributed by atoms with Gasteiger partial charge in [0.25, 0.3) is 0 Å². The number of nitrogens with zero attached hydrogens (tertiary/aromatic N) is 6. The Hall–Kier alpha value is -5.59. The molecule has 2 saturated heterocycles. The van der Waals surface area contributed by atoms with Gasteiger partial charge >= 0.3 is 6.03 Å². The first-order valence-electron chi connectivity index (χ1n) is 16.4. The summed E-state index contributed by atoms with van der Waals surface area (Å²) >= 11 is 0. The topological polar surface area (TPSA) is 140 Å².